The zero-order chi connectivity index (χ0) is 18.4. The van der Waals surface area contributed by atoms with Gasteiger partial charge in [-0.1, -0.05) is 0 Å². The Morgan fingerprint density at radius 1 is 0.920 bits per heavy atom. The summed E-state index contributed by atoms with van der Waals surface area (Å²) < 4.78 is 46.5. The zero-order valence-electron chi connectivity index (χ0n) is 13.8. The highest BCUT2D eigenvalue weighted by molar-refractivity contribution is 5.89. The number of hydrogen-bond donors (Lipinski definition) is 0. The number of carbonyl (C=O) groups excluding carboxylic acids is 1. The van der Waals surface area contributed by atoms with E-state index in [0.717, 1.165) is 24.3 Å². The number of benzene rings is 2. The van der Waals surface area contributed by atoms with E-state index in [0.29, 0.717) is 22.8 Å². The van der Waals surface area contributed by atoms with Crippen LogP contribution in [-0.4, -0.2) is 27.3 Å². The van der Waals surface area contributed by atoms with Gasteiger partial charge in [0, 0.05) is 12.1 Å². The summed E-state index contributed by atoms with van der Waals surface area (Å²) in [6.07, 6.45) is 2.61. The van der Waals surface area contributed by atoms with Crippen molar-refractivity contribution in [3.05, 3.63) is 53.6 Å². The molecular weight excluding hydrogens is 334 g/mol. The fraction of sp³-hybridized carbons (Fsp3) is 0.167. The molecule has 0 bridgehead atoms. The van der Waals surface area contributed by atoms with Gasteiger partial charge in [0.25, 0.3) is 0 Å². The molecule has 0 spiro atoms. The molecule has 0 unspecified atom stereocenters. The third-order valence-corrected chi connectivity index (χ3v) is 3.21. The molecule has 25 heavy (non-hydrogen) atoms. The largest absolute Gasteiger partial charge is 0.493 e. The van der Waals surface area contributed by atoms with Gasteiger partial charge in [0.05, 0.1) is 21.3 Å². The van der Waals surface area contributed by atoms with Crippen LogP contribution in [0, 0.1) is 11.6 Å². The summed E-state index contributed by atoms with van der Waals surface area (Å²) in [6.45, 7) is 0. The lowest BCUT2D eigenvalue weighted by Gasteiger charge is -2.12. The summed E-state index contributed by atoms with van der Waals surface area (Å²) in [5, 5.41) is 0. The maximum atomic E-state index is 13.1. The fourth-order valence-electron chi connectivity index (χ4n) is 2.05. The molecule has 2 rings (SSSR count). The predicted octanol–water partition coefficient (Wildman–Crippen LogP) is 3.61. The van der Waals surface area contributed by atoms with Crippen molar-refractivity contribution in [1.82, 2.24) is 0 Å². The molecule has 0 saturated heterocycles. The second kappa shape index (κ2) is 8.14. The lowest BCUT2D eigenvalue weighted by Crippen LogP contribution is -2.04. The Bertz CT molecular complexity index is 777. The maximum Gasteiger partial charge on any atom is 0.336 e. The molecule has 0 aliphatic heterocycles. The van der Waals surface area contributed by atoms with Gasteiger partial charge in [-0.3, -0.25) is 0 Å². The molecule has 0 aliphatic rings. The average molecular weight is 350 g/mol. The topological polar surface area (TPSA) is 54.0 Å². The van der Waals surface area contributed by atoms with Crippen LogP contribution in [0.5, 0.6) is 23.0 Å². The number of carbonyl (C=O) groups is 1. The van der Waals surface area contributed by atoms with E-state index in [4.69, 9.17) is 18.9 Å². The summed E-state index contributed by atoms with van der Waals surface area (Å²) in [5.41, 5.74) is 0.594. The first-order valence-electron chi connectivity index (χ1n) is 7.13. The first-order valence-corrected chi connectivity index (χ1v) is 7.13. The highest BCUT2D eigenvalue weighted by atomic mass is 19.2. The number of methoxy groups -OCH3 is 3. The Morgan fingerprint density at radius 3 is 2.08 bits per heavy atom. The quantitative estimate of drug-likeness (QED) is 0.453. The standard InChI is InChI=1S/C18H16F2O5/c1-22-15-8-11(9-16(23-2)18(15)24-3)4-7-17(21)25-12-5-6-13(19)14(20)10-12/h4-10H,1-3H3/b7-4+. The zero-order valence-corrected chi connectivity index (χ0v) is 13.8. The predicted molar refractivity (Wildman–Crippen MR) is 87.1 cm³/mol. The fourth-order valence-corrected chi connectivity index (χ4v) is 2.05. The van der Waals surface area contributed by atoms with Crippen molar-refractivity contribution >= 4 is 12.0 Å². The monoisotopic (exact) mass is 350 g/mol. The molecule has 0 saturated carbocycles. The highest BCUT2D eigenvalue weighted by Gasteiger charge is 2.12. The van der Waals surface area contributed by atoms with Crippen LogP contribution in [0.1, 0.15) is 5.56 Å². The molecule has 0 atom stereocenters. The van der Waals surface area contributed by atoms with E-state index in [-0.39, 0.29) is 5.75 Å². The third-order valence-electron chi connectivity index (χ3n) is 3.21. The van der Waals surface area contributed by atoms with Gasteiger partial charge in [0.15, 0.2) is 23.1 Å². The summed E-state index contributed by atoms with van der Waals surface area (Å²) in [4.78, 5) is 11.8. The Kier molecular flexibility index (Phi) is 5.94. The number of ether oxygens (including phenoxy) is 4. The van der Waals surface area contributed by atoms with Crippen LogP contribution < -0.4 is 18.9 Å². The van der Waals surface area contributed by atoms with E-state index in [1.807, 2.05) is 0 Å². The van der Waals surface area contributed by atoms with Crippen LogP contribution in [0.4, 0.5) is 8.78 Å². The Morgan fingerprint density at radius 2 is 1.56 bits per heavy atom. The first kappa shape index (κ1) is 18.3. The first-order chi connectivity index (χ1) is 12.0. The average Bonchev–Trinajstić information content (AvgIpc) is 2.62. The molecule has 0 fully saturated rings. The van der Waals surface area contributed by atoms with Crippen LogP contribution in [0.25, 0.3) is 6.08 Å². The molecule has 0 aliphatic carbocycles. The van der Waals surface area contributed by atoms with E-state index in [1.54, 1.807) is 12.1 Å². The van der Waals surface area contributed by atoms with Crippen LogP contribution in [0.3, 0.4) is 0 Å². The Balaban J connectivity index is 2.17. The summed E-state index contributed by atoms with van der Waals surface area (Å²) in [6, 6.07) is 6.11. The van der Waals surface area contributed by atoms with Crippen molar-refractivity contribution in [2.75, 3.05) is 21.3 Å². The highest BCUT2D eigenvalue weighted by Crippen LogP contribution is 2.38. The minimum Gasteiger partial charge on any atom is -0.493 e. The maximum absolute atomic E-state index is 13.1. The number of halogens is 2. The molecule has 2 aromatic carbocycles. The van der Waals surface area contributed by atoms with Crippen molar-refractivity contribution in [2.24, 2.45) is 0 Å². The smallest absolute Gasteiger partial charge is 0.336 e. The van der Waals surface area contributed by atoms with E-state index in [9.17, 15) is 13.6 Å². The number of esters is 1. The van der Waals surface area contributed by atoms with Crippen molar-refractivity contribution in [3.8, 4) is 23.0 Å². The molecule has 2 aromatic rings. The van der Waals surface area contributed by atoms with Crippen LogP contribution in [-0.2, 0) is 4.79 Å². The lowest BCUT2D eigenvalue weighted by atomic mass is 10.1. The summed E-state index contributed by atoms with van der Waals surface area (Å²) in [7, 11) is 4.43. The molecule has 0 amide bonds. The van der Waals surface area contributed by atoms with Gasteiger partial charge in [0.2, 0.25) is 5.75 Å². The van der Waals surface area contributed by atoms with E-state index < -0.39 is 17.6 Å². The van der Waals surface area contributed by atoms with Gasteiger partial charge in [-0.2, -0.15) is 0 Å². The molecule has 0 aromatic heterocycles. The van der Waals surface area contributed by atoms with E-state index in [2.05, 4.69) is 0 Å². The minimum atomic E-state index is -1.10. The molecule has 0 N–H and O–H groups in total. The van der Waals surface area contributed by atoms with Crippen molar-refractivity contribution in [2.45, 2.75) is 0 Å². The van der Waals surface area contributed by atoms with Gasteiger partial charge in [-0.15, -0.1) is 0 Å². The van der Waals surface area contributed by atoms with Crippen molar-refractivity contribution < 1.29 is 32.5 Å². The normalized spacial score (nSPS) is 10.6. The van der Waals surface area contributed by atoms with Gasteiger partial charge in [-0.05, 0) is 35.9 Å². The molecule has 0 radical (unpaired) electrons. The van der Waals surface area contributed by atoms with Gasteiger partial charge in [0.1, 0.15) is 5.75 Å². The van der Waals surface area contributed by atoms with Crippen LogP contribution in [0.2, 0.25) is 0 Å². The summed E-state index contributed by atoms with van der Waals surface area (Å²) >= 11 is 0. The van der Waals surface area contributed by atoms with Crippen LogP contribution >= 0.6 is 0 Å². The number of hydrogen-bond acceptors (Lipinski definition) is 5. The lowest BCUT2D eigenvalue weighted by molar-refractivity contribution is -0.128. The van der Waals surface area contributed by atoms with Crippen molar-refractivity contribution in [1.29, 1.82) is 0 Å². The van der Waals surface area contributed by atoms with E-state index >= 15 is 0 Å². The minimum absolute atomic E-state index is 0.0987. The van der Waals surface area contributed by atoms with Gasteiger partial charge < -0.3 is 18.9 Å². The SMILES string of the molecule is COc1cc(/C=C/C(=O)Oc2ccc(F)c(F)c2)cc(OC)c1OC. The third kappa shape index (κ3) is 4.47. The molecule has 5 nitrogen and oxygen atoms in total. The summed E-state index contributed by atoms with van der Waals surface area (Å²) in [5.74, 6) is -1.69. The molecule has 132 valence electrons. The second-order valence-corrected chi connectivity index (χ2v) is 4.79. The van der Waals surface area contributed by atoms with Gasteiger partial charge >= 0.3 is 5.97 Å². The van der Waals surface area contributed by atoms with Crippen molar-refractivity contribution in [3.63, 3.8) is 0 Å². The molecule has 0 heterocycles. The second-order valence-electron chi connectivity index (χ2n) is 4.79. The molecular formula is C18H16F2O5. The van der Waals surface area contributed by atoms with Gasteiger partial charge in [-0.25, -0.2) is 13.6 Å². The Labute approximate surface area is 143 Å². The van der Waals surface area contributed by atoms with E-state index in [1.165, 1.54) is 27.4 Å². The Hall–Kier alpha value is -3.09. The number of rotatable bonds is 6. The van der Waals surface area contributed by atoms with Crippen LogP contribution in [0.15, 0.2) is 36.4 Å². The molecule has 7 heteroatoms.